The van der Waals surface area contributed by atoms with Crippen LogP contribution in [-0.2, 0) is 14.3 Å². The first kappa shape index (κ1) is 13.0. The van der Waals surface area contributed by atoms with Crippen LogP contribution in [0.5, 0.6) is 0 Å². The lowest BCUT2D eigenvalue weighted by atomic mass is 10.0. The Hall–Kier alpha value is -2.04. The summed E-state index contributed by atoms with van der Waals surface area (Å²) in [5.74, 6) is -0.573. The number of hydrogen-bond donors (Lipinski definition) is 2. The molecule has 1 atom stereocenters. The monoisotopic (exact) mass is 236 g/mol. The molecule has 0 fully saturated rings. The van der Waals surface area contributed by atoms with Gasteiger partial charge in [0, 0.05) is 12.6 Å². The lowest BCUT2D eigenvalue weighted by Gasteiger charge is -2.17. The fourth-order valence-corrected chi connectivity index (χ4v) is 1.48. The van der Waals surface area contributed by atoms with E-state index in [9.17, 15) is 9.59 Å². The second kappa shape index (κ2) is 5.89. The molecular weight excluding hydrogens is 220 g/mol. The van der Waals surface area contributed by atoms with Gasteiger partial charge in [0.15, 0.2) is 0 Å². The molecule has 1 rings (SSSR count). The Kier molecular flexibility index (Phi) is 4.51. The summed E-state index contributed by atoms with van der Waals surface area (Å²) in [5, 5.41) is 2.70. The van der Waals surface area contributed by atoms with Crippen molar-refractivity contribution in [2.24, 2.45) is 0 Å². The van der Waals surface area contributed by atoms with Crippen LogP contribution in [-0.4, -0.2) is 19.0 Å². The Balaban J connectivity index is 2.85. The summed E-state index contributed by atoms with van der Waals surface area (Å²) < 4.78 is 4.59. The zero-order valence-corrected chi connectivity index (χ0v) is 9.90. The first-order valence-electron chi connectivity index (χ1n) is 5.22. The summed E-state index contributed by atoms with van der Waals surface area (Å²) in [5.41, 5.74) is 7.03. The van der Waals surface area contributed by atoms with Crippen molar-refractivity contribution >= 4 is 17.6 Å². The summed E-state index contributed by atoms with van der Waals surface area (Å²) in [7, 11) is 1.32. The first-order chi connectivity index (χ1) is 8.02. The normalized spacial score (nSPS) is 11.6. The van der Waals surface area contributed by atoms with Gasteiger partial charge in [0.25, 0.3) is 0 Å². The number of benzene rings is 1. The van der Waals surface area contributed by atoms with Gasteiger partial charge in [0.2, 0.25) is 5.91 Å². The molecule has 3 N–H and O–H groups in total. The highest BCUT2D eigenvalue weighted by molar-refractivity contribution is 5.76. The standard InChI is InChI=1S/C12H16N2O3/c1-8(15)14-11(7-12(16)17-2)9-3-5-10(13)6-4-9/h3-6,11H,7,13H2,1-2H3,(H,14,15). The van der Waals surface area contributed by atoms with Crippen LogP contribution in [0.1, 0.15) is 24.9 Å². The zero-order chi connectivity index (χ0) is 12.8. The second-order valence-electron chi connectivity index (χ2n) is 3.70. The summed E-state index contributed by atoms with van der Waals surface area (Å²) in [4.78, 5) is 22.3. The molecule has 0 aliphatic heterocycles. The molecule has 5 heteroatoms. The molecule has 0 aliphatic rings. The van der Waals surface area contributed by atoms with Gasteiger partial charge >= 0.3 is 5.97 Å². The quantitative estimate of drug-likeness (QED) is 0.604. The molecule has 0 heterocycles. The number of ether oxygens (including phenoxy) is 1. The number of anilines is 1. The fourth-order valence-electron chi connectivity index (χ4n) is 1.48. The Bertz CT molecular complexity index is 401. The molecular formula is C12H16N2O3. The number of rotatable bonds is 4. The van der Waals surface area contributed by atoms with Crippen LogP contribution < -0.4 is 11.1 Å². The number of carbonyl (C=O) groups excluding carboxylic acids is 2. The van der Waals surface area contributed by atoms with Gasteiger partial charge in [-0.2, -0.15) is 0 Å². The molecule has 92 valence electrons. The molecule has 1 amide bonds. The maximum absolute atomic E-state index is 11.2. The van der Waals surface area contributed by atoms with E-state index < -0.39 is 0 Å². The third-order valence-electron chi connectivity index (χ3n) is 2.31. The molecule has 1 unspecified atom stereocenters. The average molecular weight is 236 g/mol. The predicted molar refractivity (Wildman–Crippen MR) is 64.0 cm³/mol. The summed E-state index contributed by atoms with van der Waals surface area (Å²) in [6.07, 6.45) is 0.0972. The highest BCUT2D eigenvalue weighted by Gasteiger charge is 2.17. The summed E-state index contributed by atoms with van der Waals surface area (Å²) in [6, 6.07) is 6.61. The minimum atomic E-state index is -0.388. The molecule has 0 aliphatic carbocycles. The van der Waals surface area contributed by atoms with Crippen LogP contribution in [0, 0.1) is 0 Å². The van der Waals surface area contributed by atoms with E-state index in [0.29, 0.717) is 5.69 Å². The highest BCUT2D eigenvalue weighted by atomic mass is 16.5. The lowest BCUT2D eigenvalue weighted by Crippen LogP contribution is -2.28. The third-order valence-corrected chi connectivity index (χ3v) is 2.31. The van der Waals surface area contributed by atoms with E-state index in [-0.39, 0.29) is 24.3 Å². The van der Waals surface area contributed by atoms with Crippen LogP contribution in [0.3, 0.4) is 0 Å². The zero-order valence-electron chi connectivity index (χ0n) is 9.90. The SMILES string of the molecule is COC(=O)CC(NC(C)=O)c1ccc(N)cc1. The van der Waals surface area contributed by atoms with Crippen molar-refractivity contribution in [1.29, 1.82) is 0 Å². The van der Waals surface area contributed by atoms with E-state index in [0.717, 1.165) is 5.56 Å². The number of nitrogens with two attached hydrogens (primary N) is 1. The van der Waals surface area contributed by atoms with E-state index in [1.165, 1.54) is 14.0 Å². The lowest BCUT2D eigenvalue weighted by molar-refractivity contribution is -0.141. The highest BCUT2D eigenvalue weighted by Crippen LogP contribution is 2.18. The van der Waals surface area contributed by atoms with Crippen LogP contribution in [0.15, 0.2) is 24.3 Å². The predicted octanol–water partition coefficient (Wildman–Crippen LogP) is 1.01. The topological polar surface area (TPSA) is 81.4 Å². The van der Waals surface area contributed by atoms with Crippen LogP contribution >= 0.6 is 0 Å². The molecule has 0 radical (unpaired) electrons. The smallest absolute Gasteiger partial charge is 0.307 e. The molecule has 0 saturated carbocycles. The summed E-state index contributed by atoms with van der Waals surface area (Å²) in [6.45, 7) is 1.40. The Labute approximate surface area is 99.9 Å². The van der Waals surface area contributed by atoms with Crippen molar-refractivity contribution in [3.8, 4) is 0 Å². The number of hydrogen-bond acceptors (Lipinski definition) is 4. The van der Waals surface area contributed by atoms with Gasteiger partial charge in [-0.1, -0.05) is 12.1 Å². The molecule has 0 spiro atoms. The second-order valence-corrected chi connectivity index (χ2v) is 3.70. The molecule has 1 aromatic carbocycles. The van der Waals surface area contributed by atoms with Crippen molar-refractivity contribution in [3.05, 3.63) is 29.8 Å². The van der Waals surface area contributed by atoms with Crippen molar-refractivity contribution in [2.75, 3.05) is 12.8 Å². The van der Waals surface area contributed by atoms with E-state index in [1.54, 1.807) is 24.3 Å². The summed E-state index contributed by atoms with van der Waals surface area (Å²) >= 11 is 0. The molecule has 0 aromatic heterocycles. The van der Waals surface area contributed by atoms with Crippen molar-refractivity contribution in [1.82, 2.24) is 5.32 Å². The van der Waals surface area contributed by atoms with Crippen molar-refractivity contribution in [3.63, 3.8) is 0 Å². The van der Waals surface area contributed by atoms with E-state index in [1.807, 2.05) is 0 Å². The van der Waals surface area contributed by atoms with Gasteiger partial charge in [-0.05, 0) is 17.7 Å². The largest absolute Gasteiger partial charge is 0.469 e. The minimum Gasteiger partial charge on any atom is -0.469 e. The van der Waals surface area contributed by atoms with Crippen LogP contribution in [0.4, 0.5) is 5.69 Å². The van der Waals surface area contributed by atoms with Crippen molar-refractivity contribution in [2.45, 2.75) is 19.4 Å². The first-order valence-corrected chi connectivity index (χ1v) is 5.22. The van der Waals surface area contributed by atoms with E-state index >= 15 is 0 Å². The number of nitrogen functional groups attached to an aromatic ring is 1. The van der Waals surface area contributed by atoms with Gasteiger partial charge in [0.05, 0.1) is 19.6 Å². The maximum atomic E-state index is 11.2. The average Bonchev–Trinajstić information content (AvgIpc) is 2.28. The number of amides is 1. The van der Waals surface area contributed by atoms with Crippen LogP contribution in [0.25, 0.3) is 0 Å². The molecule has 5 nitrogen and oxygen atoms in total. The van der Waals surface area contributed by atoms with E-state index in [4.69, 9.17) is 5.73 Å². The minimum absolute atomic E-state index is 0.0972. The van der Waals surface area contributed by atoms with E-state index in [2.05, 4.69) is 10.1 Å². The van der Waals surface area contributed by atoms with Crippen molar-refractivity contribution < 1.29 is 14.3 Å². The number of carbonyl (C=O) groups is 2. The Morgan fingerprint density at radius 3 is 2.41 bits per heavy atom. The number of esters is 1. The number of nitrogens with one attached hydrogen (secondary N) is 1. The fraction of sp³-hybridized carbons (Fsp3) is 0.333. The van der Waals surface area contributed by atoms with Gasteiger partial charge in [-0.15, -0.1) is 0 Å². The Morgan fingerprint density at radius 1 is 1.35 bits per heavy atom. The van der Waals surface area contributed by atoms with Gasteiger partial charge in [-0.3, -0.25) is 9.59 Å². The maximum Gasteiger partial charge on any atom is 0.307 e. The molecule has 0 bridgehead atoms. The third kappa shape index (κ3) is 4.14. The van der Waals surface area contributed by atoms with Gasteiger partial charge < -0.3 is 15.8 Å². The molecule has 17 heavy (non-hydrogen) atoms. The van der Waals surface area contributed by atoms with Crippen LogP contribution in [0.2, 0.25) is 0 Å². The van der Waals surface area contributed by atoms with Gasteiger partial charge in [-0.25, -0.2) is 0 Å². The number of methoxy groups -OCH3 is 1. The van der Waals surface area contributed by atoms with Gasteiger partial charge in [0.1, 0.15) is 0 Å². The Morgan fingerprint density at radius 2 is 1.94 bits per heavy atom. The molecule has 0 saturated heterocycles. The molecule has 1 aromatic rings.